The quantitative estimate of drug-likeness (QED) is 0.467. The van der Waals surface area contributed by atoms with Crippen LogP contribution in [-0.4, -0.2) is 48.1 Å². The molecular formula is C31H50O6. The van der Waals surface area contributed by atoms with Crippen molar-refractivity contribution in [2.24, 2.45) is 56.2 Å². The summed E-state index contributed by atoms with van der Waals surface area (Å²) in [5.41, 5.74) is -2.17. The number of fused-ring (bicyclic) bond motifs is 7. The molecule has 4 saturated carbocycles. The van der Waals surface area contributed by atoms with Gasteiger partial charge in [0.15, 0.2) is 0 Å². The van der Waals surface area contributed by atoms with Crippen LogP contribution >= 0.6 is 0 Å². The second-order valence-electron chi connectivity index (χ2n) is 15.7. The zero-order chi connectivity index (χ0) is 27.4. The summed E-state index contributed by atoms with van der Waals surface area (Å²) in [6, 6.07) is 0. The third kappa shape index (κ3) is 3.36. The van der Waals surface area contributed by atoms with Gasteiger partial charge in [0.1, 0.15) is 0 Å². The maximum Gasteiger partial charge on any atom is 0.314 e. The van der Waals surface area contributed by atoms with Gasteiger partial charge in [-0.25, -0.2) is 0 Å². The van der Waals surface area contributed by atoms with E-state index >= 15 is 0 Å². The first-order valence-corrected chi connectivity index (χ1v) is 14.6. The van der Waals surface area contributed by atoms with Crippen molar-refractivity contribution in [2.45, 2.75) is 112 Å². The van der Waals surface area contributed by atoms with Crippen LogP contribution in [0.3, 0.4) is 0 Å². The molecule has 6 nitrogen and oxygen atoms in total. The first kappa shape index (κ1) is 27.4. The molecule has 2 N–H and O–H groups in total. The number of cyclic esters (lactones) is 1. The predicted molar refractivity (Wildman–Crippen MR) is 140 cm³/mol. The number of esters is 2. The van der Waals surface area contributed by atoms with E-state index in [1.807, 2.05) is 0 Å². The second-order valence-corrected chi connectivity index (χ2v) is 15.7. The van der Waals surface area contributed by atoms with Crippen molar-refractivity contribution in [2.75, 3.05) is 13.7 Å². The Hall–Kier alpha value is -1.14. The summed E-state index contributed by atoms with van der Waals surface area (Å²) < 4.78 is 11.6. The summed E-state index contributed by atoms with van der Waals surface area (Å²) in [7, 11) is 1.40. The third-order valence-corrected chi connectivity index (χ3v) is 13.5. The zero-order valence-corrected chi connectivity index (χ0v) is 24.4. The smallest absolute Gasteiger partial charge is 0.314 e. The maximum atomic E-state index is 14.1. The lowest BCUT2D eigenvalue weighted by molar-refractivity contribution is -0.243. The minimum Gasteiger partial charge on any atom is -0.469 e. The van der Waals surface area contributed by atoms with Crippen molar-refractivity contribution in [1.82, 2.24) is 0 Å². The highest BCUT2D eigenvalue weighted by molar-refractivity contribution is 5.82. The molecule has 5 aliphatic rings. The van der Waals surface area contributed by atoms with E-state index in [-0.39, 0.29) is 51.5 Å². The van der Waals surface area contributed by atoms with E-state index in [0.29, 0.717) is 31.8 Å². The molecule has 0 aromatic heterocycles. The van der Waals surface area contributed by atoms with Gasteiger partial charge in [-0.3, -0.25) is 9.59 Å². The zero-order valence-electron chi connectivity index (χ0n) is 24.4. The Morgan fingerprint density at radius 1 is 0.865 bits per heavy atom. The summed E-state index contributed by atoms with van der Waals surface area (Å²) in [5.74, 6) is -0.908. The van der Waals surface area contributed by atoms with E-state index in [0.717, 1.165) is 32.1 Å². The lowest BCUT2D eigenvalue weighted by Crippen LogP contribution is -2.69. The van der Waals surface area contributed by atoms with Crippen LogP contribution in [0.15, 0.2) is 0 Å². The summed E-state index contributed by atoms with van der Waals surface area (Å²) >= 11 is 0. The number of carbonyl (C=O) groups is 2. The van der Waals surface area contributed by atoms with Gasteiger partial charge in [0.25, 0.3) is 0 Å². The Kier molecular flexibility index (Phi) is 6.07. The van der Waals surface area contributed by atoms with E-state index in [1.165, 1.54) is 7.11 Å². The topological polar surface area (TPSA) is 93.1 Å². The average molecular weight is 519 g/mol. The molecule has 0 aromatic rings. The normalized spacial score (nSPS) is 52.3. The molecule has 37 heavy (non-hydrogen) atoms. The predicted octanol–water partition coefficient (Wildman–Crippen LogP) is 5.14. The summed E-state index contributed by atoms with van der Waals surface area (Å²) in [5, 5.41) is 22.9. The molecule has 0 spiro atoms. The lowest BCUT2D eigenvalue weighted by Gasteiger charge is -2.69. The summed E-state index contributed by atoms with van der Waals surface area (Å²) in [6.07, 6.45) is 4.82. The molecule has 10 atom stereocenters. The van der Waals surface area contributed by atoms with Crippen LogP contribution in [0.5, 0.6) is 0 Å². The van der Waals surface area contributed by atoms with E-state index in [2.05, 4.69) is 48.5 Å². The van der Waals surface area contributed by atoms with Crippen molar-refractivity contribution in [3.8, 4) is 0 Å². The monoisotopic (exact) mass is 518 g/mol. The number of hydrogen-bond acceptors (Lipinski definition) is 6. The molecule has 0 amide bonds. The molecule has 1 heterocycles. The Labute approximate surface area is 223 Å². The van der Waals surface area contributed by atoms with Gasteiger partial charge in [0.2, 0.25) is 0 Å². The van der Waals surface area contributed by atoms with Crippen molar-refractivity contribution in [1.29, 1.82) is 0 Å². The van der Waals surface area contributed by atoms with E-state index < -0.39 is 22.9 Å². The van der Waals surface area contributed by atoms with E-state index in [4.69, 9.17) is 9.47 Å². The van der Waals surface area contributed by atoms with Gasteiger partial charge in [-0.1, -0.05) is 48.5 Å². The first-order valence-electron chi connectivity index (χ1n) is 14.6. The molecule has 1 saturated heterocycles. The first-order chi connectivity index (χ1) is 17.0. The van der Waals surface area contributed by atoms with Crippen LogP contribution in [-0.2, 0) is 19.1 Å². The van der Waals surface area contributed by atoms with Gasteiger partial charge >= 0.3 is 11.9 Å². The highest BCUT2D eigenvalue weighted by atomic mass is 16.5. The molecule has 0 bridgehead atoms. The van der Waals surface area contributed by atoms with Gasteiger partial charge in [0.05, 0.1) is 37.3 Å². The Balaban J connectivity index is 1.65. The molecule has 5 fully saturated rings. The number of methoxy groups -OCH3 is 1. The molecule has 1 aliphatic heterocycles. The van der Waals surface area contributed by atoms with Gasteiger partial charge in [0, 0.05) is 5.92 Å². The SMILES string of the molecule is COC(=O)[C@]12CCC(C)(C)C[C@H]1[C@H]1C(=O)OC[C@@H]3[C@@]4(C)CC[C@H](O)C(C)(C)[C@@H]4CC[C@@]3(C)[C@]1(C)C[C@H]2O. The maximum absolute atomic E-state index is 14.1. The average Bonchev–Trinajstić information content (AvgIpc) is 2.88. The molecule has 5 rings (SSSR count). The van der Waals surface area contributed by atoms with Crippen LogP contribution in [0.25, 0.3) is 0 Å². The molecule has 4 aliphatic carbocycles. The number of aliphatic hydroxyl groups is 2. The van der Waals surface area contributed by atoms with Crippen molar-refractivity contribution in [3.63, 3.8) is 0 Å². The highest BCUT2D eigenvalue weighted by Gasteiger charge is 2.74. The molecule has 0 radical (unpaired) electrons. The number of rotatable bonds is 1. The van der Waals surface area contributed by atoms with Crippen LogP contribution < -0.4 is 0 Å². The molecule has 0 unspecified atom stereocenters. The molecule has 0 aromatic carbocycles. The van der Waals surface area contributed by atoms with Gasteiger partial charge in [-0.2, -0.15) is 0 Å². The Morgan fingerprint density at radius 2 is 1.54 bits per heavy atom. The molecular weight excluding hydrogens is 468 g/mol. The molecule has 210 valence electrons. The third-order valence-electron chi connectivity index (χ3n) is 13.5. The highest BCUT2D eigenvalue weighted by Crippen LogP contribution is 2.74. The molecule has 6 heteroatoms. The summed E-state index contributed by atoms with van der Waals surface area (Å²) in [6.45, 7) is 16.1. The van der Waals surface area contributed by atoms with Crippen molar-refractivity contribution in [3.05, 3.63) is 0 Å². The van der Waals surface area contributed by atoms with E-state index in [1.54, 1.807) is 0 Å². The number of ether oxygens (including phenoxy) is 2. The minimum atomic E-state index is -1.07. The fraction of sp³-hybridized carbons (Fsp3) is 0.935. The standard InChI is InChI=1S/C31H50O6/c1-26(2)13-14-31(25(35)36-8)18(15-26)23-24(34)37-17-20-28(5)11-10-21(32)27(3,4)19(28)9-12-29(20,6)30(23,7)16-22(31)33/h18-23,32-33H,9-17H2,1-8H3/t18-,19-,20+,21-,22+,23-,28-,29+,30+,31+/m0/s1. The number of carbonyl (C=O) groups excluding carboxylic acids is 2. The number of hydrogen-bond donors (Lipinski definition) is 2. The minimum absolute atomic E-state index is 0.0414. The van der Waals surface area contributed by atoms with E-state index in [9.17, 15) is 19.8 Å². The number of aliphatic hydroxyl groups excluding tert-OH is 2. The Bertz CT molecular complexity index is 973. The van der Waals surface area contributed by atoms with Gasteiger partial charge < -0.3 is 19.7 Å². The van der Waals surface area contributed by atoms with Crippen LogP contribution in [0.1, 0.15) is 99.8 Å². The van der Waals surface area contributed by atoms with Crippen molar-refractivity contribution >= 4 is 11.9 Å². The van der Waals surface area contributed by atoms with Crippen molar-refractivity contribution < 1.29 is 29.3 Å². The largest absolute Gasteiger partial charge is 0.469 e. The van der Waals surface area contributed by atoms with Crippen LogP contribution in [0, 0.1) is 56.2 Å². The lowest BCUT2D eigenvalue weighted by atomic mass is 9.34. The van der Waals surface area contributed by atoms with Crippen LogP contribution in [0.4, 0.5) is 0 Å². The summed E-state index contributed by atoms with van der Waals surface area (Å²) in [4.78, 5) is 27.6. The fourth-order valence-electron chi connectivity index (χ4n) is 11.0. The van der Waals surface area contributed by atoms with Gasteiger partial charge in [-0.15, -0.1) is 0 Å². The fourth-order valence-corrected chi connectivity index (χ4v) is 11.0. The second kappa shape index (κ2) is 8.19. The van der Waals surface area contributed by atoms with Crippen LogP contribution in [0.2, 0.25) is 0 Å². The Morgan fingerprint density at radius 3 is 2.19 bits per heavy atom. The van der Waals surface area contributed by atoms with Gasteiger partial charge in [-0.05, 0) is 90.3 Å².